The van der Waals surface area contributed by atoms with Gasteiger partial charge in [-0.05, 0) is 39.5 Å². The van der Waals surface area contributed by atoms with Gasteiger partial charge in [0, 0.05) is 19.2 Å². The lowest BCUT2D eigenvalue weighted by molar-refractivity contribution is -0.136. The number of aryl methyl sites for hydroxylation is 1. The minimum absolute atomic E-state index is 0.116. The molecule has 0 spiro atoms. The molecular formula is C15H15BrN2O2. The van der Waals surface area contributed by atoms with Crippen LogP contribution in [-0.2, 0) is 17.8 Å². The van der Waals surface area contributed by atoms with Crippen molar-refractivity contribution in [1.29, 1.82) is 0 Å². The van der Waals surface area contributed by atoms with Crippen molar-refractivity contribution in [2.24, 2.45) is 0 Å². The normalized spacial score (nSPS) is 10.2. The van der Waals surface area contributed by atoms with Crippen LogP contribution in [0.5, 0.6) is 0 Å². The molecule has 0 aliphatic rings. The number of nitrogens with one attached hydrogen (secondary N) is 1. The third-order valence-electron chi connectivity index (χ3n) is 2.83. The molecule has 5 heteroatoms. The number of halogens is 1. The highest BCUT2D eigenvalue weighted by atomic mass is 79.9. The highest BCUT2D eigenvalue weighted by Gasteiger charge is 2.05. The maximum absolute atomic E-state index is 10.5. The lowest BCUT2D eigenvalue weighted by Crippen LogP contribution is -2.03. The minimum atomic E-state index is -0.799. The van der Waals surface area contributed by atoms with Gasteiger partial charge in [0.25, 0.3) is 0 Å². The van der Waals surface area contributed by atoms with Crippen LogP contribution in [0.1, 0.15) is 17.5 Å². The zero-order valence-corrected chi connectivity index (χ0v) is 12.4. The molecule has 2 aromatic rings. The number of carboxylic acid groups (broad SMARTS) is 1. The van der Waals surface area contributed by atoms with E-state index in [1.807, 2.05) is 36.4 Å². The minimum Gasteiger partial charge on any atom is -0.481 e. The number of carboxylic acids is 1. The zero-order valence-electron chi connectivity index (χ0n) is 10.8. The Morgan fingerprint density at radius 1 is 1.25 bits per heavy atom. The summed E-state index contributed by atoms with van der Waals surface area (Å²) >= 11 is 3.46. The van der Waals surface area contributed by atoms with Gasteiger partial charge in [-0.15, -0.1) is 0 Å². The average Bonchev–Trinajstić information content (AvgIpc) is 2.45. The molecular weight excluding hydrogens is 320 g/mol. The Morgan fingerprint density at radius 2 is 2.00 bits per heavy atom. The number of carbonyl (C=O) groups is 1. The molecule has 0 radical (unpaired) electrons. The smallest absolute Gasteiger partial charge is 0.303 e. The summed E-state index contributed by atoms with van der Waals surface area (Å²) in [5, 5.41) is 11.9. The maximum atomic E-state index is 10.5. The summed E-state index contributed by atoms with van der Waals surface area (Å²) in [6.45, 7) is 0.695. The standard InChI is InChI=1S/C15H15BrN2O2/c16-13-8-12(6-7-14(19)20)10-18-15(13)17-9-11-4-2-1-3-5-11/h1-5,8,10H,6-7,9H2,(H,17,18)(H,19,20). The Morgan fingerprint density at radius 3 is 2.65 bits per heavy atom. The molecule has 4 nitrogen and oxygen atoms in total. The van der Waals surface area contributed by atoms with Crippen molar-refractivity contribution < 1.29 is 9.90 Å². The van der Waals surface area contributed by atoms with Crippen molar-refractivity contribution in [3.8, 4) is 0 Å². The fraction of sp³-hybridized carbons (Fsp3) is 0.200. The molecule has 0 aliphatic carbocycles. The SMILES string of the molecule is O=C(O)CCc1cnc(NCc2ccccc2)c(Br)c1. The maximum Gasteiger partial charge on any atom is 0.303 e. The summed E-state index contributed by atoms with van der Waals surface area (Å²) in [6.07, 6.45) is 2.31. The van der Waals surface area contributed by atoms with Crippen LogP contribution in [-0.4, -0.2) is 16.1 Å². The number of aromatic nitrogens is 1. The lowest BCUT2D eigenvalue weighted by atomic mass is 10.1. The van der Waals surface area contributed by atoms with E-state index >= 15 is 0 Å². The molecule has 0 saturated heterocycles. The summed E-state index contributed by atoms with van der Waals surface area (Å²) in [5.74, 6) is -0.0414. The Kier molecular flexibility index (Phi) is 5.12. The Hall–Kier alpha value is -1.88. The van der Waals surface area contributed by atoms with Gasteiger partial charge in [-0.2, -0.15) is 0 Å². The van der Waals surface area contributed by atoms with E-state index < -0.39 is 5.97 Å². The van der Waals surface area contributed by atoms with Gasteiger partial charge >= 0.3 is 5.97 Å². The third kappa shape index (κ3) is 4.35. The first-order valence-electron chi connectivity index (χ1n) is 6.29. The molecule has 0 aliphatic heterocycles. The predicted molar refractivity (Wildman–Crippen MR) is 81.7 cm³/mol. The van der Waals surface area contributed by atoms with E-state index in [1.165, 1.54) is 5.56 Å². The largest absolute Gasteiger partial charge is 0.481 e. The second-order valence-electron chi connectivity index (χ2n) is 4.41. The number of rotatable bonds is 6. The van der Waals surface area contributed by atoms with Gasteiger partial charge in [0.1, 0.15) is 5.82 Å². The van der Waals surface area contributed by atoms with E-state index in [1.54, 1.807) is 6.20 Å². The molecule has 0 atom stereocenters. The molecule has 20 heavy (non-hydrogen) atoms. The predicted octanol–water partition coefficient (Wildman–Crippen LogP) is 3.47. The van der Waals surface area contributed by atoms with E-state index in [2.05, 4.69) is 26.2 Å². The van der Waals surface area contributed by atoms with Crippen LogP contribution in [0, 0.1) is 0 Å². The van der Waals surface area contributed by atoms with Crippen LogP contribution in [0.3, 0.4) is 0 Å². The summed E-state index contributed by atoms with van der Waals surface area (Å²) in [7, 11) is 0. The Balaban J connectivity index is 1.97. The van der Waals surface area contributed by atoms with Gasteiger partial charge in [-0.1, -0.05) is 30.3 Å². The molecule has 1 aromatic heterocycles. The Bertz CT molecular complexity index is 588. The van der Waals surface area contributed by atoms with E-state index in [0.717, 1.165) is 15.9 Å². The van der Waals surface area contributed by atoms with E-state index in [9.17, 15) is 4.79 Å². The van der Waals surface area contributed by atoms with E-state index in [0.29, 0.717) is 13.0 Å². The first-order valence-corrected chi connectivity index (χ1v) is 7.08. The highest BCUT2D eigenvalue weighted by Crippen LogP contribution is 2.22. The molecule has 0 fully saturated rings. The molecule has 0 saturated carbocycles. The monoisotopic (exact) mass is 334 g/mol. The summed E-state index contributed by atoms with van der Waals surface area (Å²) in [6, 6.07) is 12.0. The van der Waals surface area contributed by atoms with E-state index in [4.69, 9.17) is 5.11 Å². The van der Waals surface area contributed by atoms with Crippen LogP contribution in [0.2, 0.25) is 0 Å². The van der Waals surface area contributed by atoms with Gasteiger partial charge < -0.3 is 10.4 Å². The first kappa shape index (κ1) is 14.5. The molecule has 104 valence electrons. The van der Waals surface area contributed by atoms with Gasteiger partial charge in [-0.25, -0.2) is 4.98 Å². The van der Waals surface area contributed by atoms with Crippen molar-refractivity contribution in [3.63, 3.8) is 0 Å². The first-order chi connectivity index (χ1) is 9.65. The van der Waals surface area contributed by atoms with Crippen LogP contribution >= 0.6 is 15.9 Å². The van der Waals surface area contributed by atoms with Crippen LogP contribution in [0.4, 0.5) is 5.82 Å². The number of aliphatic carboxylic acids is 1. The van der Waals surface area contributed by atoms with Crippen LogP contribution in [0.25, 0.3) is 0 Å². The average molecular weight is 335 g/mol. The molecule has 0 amide bonds. The highest BCUT2D eigenvalue weighted by molar-refractivity contribution is 9.10. The molecule has 0 unspecified atom stereocenters. The summed E-state index contributed by atoms with van der Waals surface area (Å²) < 4.78 is 0.844. The molecule has 1 heterocycles. The van der Waals surface area contributed by atoms with Crippen molar-refractivity contribution in [2.45, 2.75) is 19.4 Å². The molecule has 0 bridgehead atoms. The van der Waals surface area contributed by atoms with Gasteiger partial charge in [-0.3, -0.25) is 4.79 Å². The van der Waals surface area contributed by atoms with Gasteiger partial charge in [0.15, 0.2) is 0 Å². The van der Waals surface area contributed by atoms with Crippen molar-refractivity contribution in [2.75, 3.05) is 5.32 Å². The van der Waals surface area contributed by atoms with Crippen LogP contribution < -0.4 is 5.32 Å². The van der Waals surface area contributed by atoms with Gasteiger partial charge in [0.2, 0.25) is 0 Å². The van der Waals surface area contributed by atoms with Crippen molar-refractivity contribution in [1.82, 2.24) is 4.98 Å². The summed E-state index contributed by atoms with van der Waals surface area (Å²) in [4.78, 5) is 14.9. The van der Waals surface area contributed by atoms with Crippen molar-refractivity contribution in [3.05, 3.63) is 58.2 Å². The molecule has 2 rings (SSSR count). The molecule has 1 aromatic carbocycles. The number of hydrogen-bond donors (Lipinski definition) is 2. The number of hydrogen-bond acceptors (Lipinski definition) is 3. The van der Waals surface area contributed by atoms with E-state index in [-0.39, 0.29) is 6.42 Å². The van der Waals surface area contributed by atoms with Crippen molar-refractivity contribution >= 4 is 27.7 Å². The quantitative estimate of drug-likeness (QED) is 0.848. The molecule has 2 N–H and O–H groups in total. The third-order valence-corrected chi connectivity index (χ3v) is 3.43. The Labute approximate surface area is 126 Å². The topological polar surface area (TPSA) is 62.2 Å². The zero-order chi connectivity index (χ0) is 14.4. The number of nitrogens with zero attached hydrogens (tertiary/aromatic N) is 1. The van der Waals surface area contributed by atoms with Crippen LogP contribution in [0.15, 0.2) is 47.1 Å². The number of anilines is 1. The summed E-state index contributed by atoms with van der Waals surface area (Å²) in [5.41, 5.74) is 2.08. The lowest BCUT2D eigenvalue weighted by Gasteiger charge is -2.09. The second-order valence-corrected chi connectivity index (χ2v) is 5.26. The fourth-order valence-corrected chi connectivity index (χ4v) is 2.31. The van der Waals surface area contributed by atoms with Gasteiger partial charge in [0.05, 0.1) is 4.47 Å². The second kappa shape index (κ2) is 7.05. The number of pyridine rings is 1. The number of benzene rings is 1. The fourth-order valence-electron chi connectivity index (χ4n) is 1.78.